The van der Waals surface area contributed by atoms with E-state index >= 15 is 0 Å². The molecule has 7 nitrogen and oxygen atoms in total. The molecular formula is C28H36N6O. The molecule has 0 spiro atoms. The van der Waals surface area contributed by atoms with E-state index in [1.807, 2.05) is 12.4 Å². The molecule has 184 valence electrons. The molecule has 0 bridgehead atoms. The predicted molar refractivity (Wildman–Crippen MR) is 141 cm³/mol. The van der Waals surface area contributed by atoms with Crippen molar-refractivity contribution in [2.24, 2.45) is 0 Å². The minimum atomic E-state index is -0.517. The summed E-state index contributed by atoms with van der Waals surface area (Å²) < 4.78 is 2.06. The van der Waals surface area contributed by atoms with Crippen LogP contribution >= 0.6 is 0 Å². The fraction of sp³-hybridized carbons (Fsp3) is 0.536. The van der Waals surface area contributed by atoms with Gasteiger partial charge in [0.1, 0.15) is 11.3 Å². The number of benzene rings is 1. The first-order valence-electron chi connectivity index (χ1n) is 13.1. The summed E-state index contributed by atoms with van der Waals surface area (Å²) >= 11 is 0. The molecule has 1 aliphatic carbocycles. The van der Waals surface area contributed by atoms with Crippen LogP contribution in [0.15, 0.2) is 30.6 Å². The maximum absolute atomic E-state index is 13.6. The number of hydrogen-bond acceptors (Lipinski definition) is 5. The minimum absolute atomic E-state index is 0.213. The molecule has 2 fully saturated rings. The quantitative estimate of drug-likeness (QED) is 0.584. The highest BCUT2D eigenvalue weighted by atomic mass is 16.2. The van der Waals surface area contributed by atoms with Crippen molar-refractivity contribution >= 4 is 28.4 Å². The number of carbonyl (C=O) groups excluding carboxylic acids is 1. The number of piperidine rings is 1. The monoisotopic (exact) mass is 472 g/mol. The molecule has 3 aliphatic rings. The number of imidazole rings is 1. The Morgan fingerprint density at radius 1 is 1.06 bits per heavy atom. The van der Waals surface area contributed by atoms with Gasteiger partial charge in [-0.25, -0.2) is 9.97 Å². The van der Waals surface area contributed by atoms with Crippen LogP contribution < -0.4 is 10.6 Å². The number of fused-ring (bicyclic) bond motifs is 2. The van der Waals surface area contributed by atoms with E-state index in [1.165, 1.54) is 32.4 Å². The van der Waals surface area contributed by atoms with Gasteiger partial charge in [0.25, 0.3) is 0 Å². The average Bonchev–Trinajstić information content (AvgIpc) is 3.33. The molecular weight excluding hydrogens is 436 g/mol. The number of anilines is 2. The summed E-state index contributed by atoms with van der Waals surface area (Å²) in [7, 11) is 0. The zero-order chi connectivity index (χ0) is 24.5. The minimum Gasteiger partial charge on any atom is -0.382 e. The Kier molecular flexibility index (Phi) is 5.18. The number of carbonyl (C=O) groups is 1. The van der Waals surface area contributed by atoms with E-state index in [4.69, 9.17) is 10.7 Å². The van der Waals surface area contributed by atoms with Crippen LogP contribution in [0, 0.1) is 0 Å². The van der Waals surface area contributed by atoms with Crippen molar-refractivity contribution in [1.82, 2.24) is 19.4 Å². The van der Waals surface area contributed by atoms with Gasteiger partial charge in [0, 0.05) is 29.4 Å². The second-order valence-electron chi connectivity index (χ2n) is 11.4. The molecule has 2 aromatic heterocycles. The summed E-state index contributed by atoms with van der Waals surface area (Å²) in [5.41, 5.74) is 11.5. The number of pyridine rings is 1. The summed E-state index contributed by atoms with van der Waals surface area (Å²) in [6.07, 6.45) is 7.92. The molecule has 6 rings (SSSR count). The van der Waals surface area contributed by atoms with E-state index in [2.05, 4.69) is 65.2 Å². The summed E-state index contributed by atoms with van der Waals surface area (Å²) in [5, 5.41) is 0. The van der Waals surface area contributed by atoms with E-state index in [9.17, 15) is 4.79 Å². The highest BCUT2D eigenvalue weighted by Gasteiger charge is 2.50. The van der Waals surface area contributed by atoms with Crippen LogP contribution in [-0.4, -0.2) is 50.5 Å². The smallest absolute Gasteiger partial charge is 0.237 e. The topological polar surface area (TPSA) is 80.3 Å². The normalized spacial score (nSPS) is 24.3. The van der Waals surface area contributed by atoms with Gasteiger partial charge in [-0.05, 0) is 84.2 Å². The number of nitrogens with two attached hydrogens (primary N) is 1. The fourth-order valence-corrected chi connectivity index (χ4v) is 6.29. The van der Waals surface area contributed by atoms with Gasteiger partial charge in [-0.15, -0.1) is 0 Å². The highest BCUT2D eigenvalue weighted by Crippen LogP contribution is 2.47. The van der Waals surface area contributed by atoms with Crippen LogP contribution in [0.2, 0.25) is 0 Å². The first-order valence-corrected chi connectivity index (χ1v) is 13.1. The summed E-state index contributed by atoms with van der Waals surface area (Å²) in [6.45, 7) is 10.7. The lowest BCUT2D eigenvalue weighted by Crippen LogP contribution is -2.57. The molecule has 0 atom stereocenters. The van der Waals surface area contributed by atoms with Crippen LogP contribution in [0.25, 0.3) is 22.3 Å². The highest BCUT2D eigenvalue weighted by molar-refractivity contribution is 6.08. The Morgan fingerprint density at radius 2 is 1.80 bits per heavy atom. The molecule has 2 aliphatic heterocycles. The van der Waals surface area contributed by atoms with Gasteiger partial charge in [0.2, 0.25) is 5.91 Å². The average molecular weight is 473 g/mol. The van der Waals surface area contributed by atoms with Gasteiger partial charge >= 0.3 is 0 Å². The zero-order valence-corrected chi connectivity index (χ0v) is 21.3. The van der Waals surface area contributed by atoms with Gasteiger partial charge in [-0.3, -0.25) is 4.79 Å². The third-order valence-electron chi connectivity index (χ3n) is 8.48. The second-order valence-corrected chi connectivity index (χ2v) is 11.4. The molecule has 1 saturated carbocycles. The molecule has 1 aromatic carbocycles. The fourth-order valence-electron chi connectivity index (χ4n) is 6.29. The van der Waals surface area contributed by atoms with Crippen LogP contribution in [0.4, 0.5) is 11.5 Å². The number of nitrogen functional groups attached to an aromatic ring is 1. The second kappa shape index (κ2) is 8.05. The van der Waals surface area contributed by atoms with Crippen molar-refractivity contribution < 1.29 is 4.79 Å². The Balaban J connectivity index is 1.34. The summed E-state index contributed by atoms with van der Waals surface area (Å²) in [5.74, 6) is 0.700. The lowest BCUT2D eigenvalue weighted by Gasteiger charge is -2.48. The number of likely N-dealkylation sites (tertiary alicyclic amines) is 1. The Hall–Kier alpha value is -2.93. The standard InChI is InChI=1S/C28H36N6O/c1-17(2)33-16-30-23-15-22(31-26(29)25(23)33)18-8-9-21-24(12-18)34(27(35)28(21,3)4)20-13-19(14-20)32-10-6-5-7-11-32/h8-9,12,15-17,19-20H,5-7,10-11,13-14H2,1-4H3,(H2,29,31)/t19-,20+. The molecule has 1 saturated heterocycles. The van der Waals surface area contributed by atoms with Gasteiger partial charge in [-0.2, -0.15) is 0 Å². The molecule has 7 heteroatoms. The summed E-state index contributed by atoms with van der Waals surface area (Å²) in [4.78, 5) is 27.7. The summed E-state index contributed by atoms with van der Waals surface area (Å²) in [6, 6.07) is 9.47. The van der Waals surface area contributed by atoms with Crippen molar-refractivity contribution in [2.75, 3.05) is 23.7 Å². The molecule has 0 radical (unpaired) electrons. The lowest BCUT2D eigenvalue weighted by molar-refractivity contribution is -0.123. The van der Waals surface area contributed by atoms with E-state index < -0.39 is 5.41 Å². The van der Waals surface area contributed by atoms with Crippen LogP contribution in [0.1, 0.15) is 71.4 Å². The molecule has 1 amide bonds. The molecule has 3 aromatic rings. The maximum atomic E-state index is 13.6. The first-order chi connectivity index (χ1) is 16.8. The van der Waals surface area contributed by atoms with E-state index in [0.717, 1.165) is 46.4 Å². The Labute approximate surface area is 207 Å². The van der Waals surface area contributed by atoms with Crippen molar-refractivity contribution in [3.63, 3.8) is 0 Å². The van der Waals surface area contributed by atoms with E-state index in [-0.39, 0.29) is 18.0 Å². The third kappa shape index (κ3) is 3.46. The van der Waals surface area contributed by atoms with E-state index in [0.29, 0.717) is 11.9 Å². The van der Waals surface area contributed by atoms with Crippen LogP contribution in [-0.2, 0) is 10.2 Å². The van der Waals surface area contributed by atoms with Crippen molar-refractivity contribution in [3.05, 3.63) is 36.2 Å². The third-order valence-corrected chi connectivity index (χ3v) is 8.48. The lowest BCUT2D eigenvalue weighted by atomic mass is 9.82. The number of rotatable bonds is 4. The zero-order valence-electron chi connectivity index (χ0n) is 21.3. The van der Waals surface area contributed by atoms with Crippen LogP contribution in [0.3, 0.4) is 0 Å². The van der Waals surface area contributed by atoms with E-state index in [1.54, 1.807) is 0 Å². The van der Waals surface area contributed by atoms with Gasteiger partial charge in [0.05, 0.1) is 23.0 Å². The van der Waals surface area contributed by atoms with Gasteiger partial charge < -0.3 is 20.1 Å². The maximum Gasteiger partial charge on any atom is 0.237 e. The molecule has 2 N–H and O–H groups in total. The number of amides is 1. The Morgan fingerprint density at radius 3 is 2.51 bits per heavy atom. The SMILES string of the molecule is CC(C)n1cnc2cc(-c3ccc4c(c3)N([C@H]3C[C@@H](N5CCCCC5)C3)C(=O)C4(C)C)nc(N)c21. The first kappa shape index (κ1) is 22.5. The van der Waals surface area contributed by atoms with Crippen molar-refractivity contribution in [2.45, 2.75) is 83.3 Å². The largest absolute Gasteiger partial charge is 0.382 e. The predicted octanol–water partition coefficient (Wildman–Crippen LogP) is 4.90. The van der Waals surface area contributed by atoms with Crippen LogP contribution in [0.5, 0.6) is 0 Å². The van der Waals surface area contributed by atoms with Crippen molar-refractivity contribution in [1.29, 1.82) is 0 Å². The molecule has 4 heterocycles. The Bertz CT molecular complexity index is 1300. The number of hydrogen-bond donors (Lipinski definition) is 1. The van der Waals surface area contributed by atoms with Gasteiger partial charge in [0.15, 0.2) is 0 Å². The number of nitrogens with zero attached hydrogens (tertiary/aromatic N) is 5. The van der Waals surface area contributed by atoms with Crippen molar-refractivity contribution in [3.8, 4) is 11.3 Å². The molecule has 35 heavy (non-hydrogen) atoms. The van der Waals surface area contributed by atoms with Gasteiger partial charge in [-0.1, -0.05) is 18.6 Å². The number of aromatic nitrogens is 3. The molecule has 0 unspecified atom stereocenters.